The van der Waals surface area contributed by atoms with Crippen LogP contribution < -0.4 is 4.74 Å². The second kappa shape index (κ2) is 7.18. The van der Waals surface area contributed by atoms with Crippen LogP contribution in [0.3, 0.4) is 0 Å². The second-order valence-electron chi connectivity index (χ2n) is 6.39. The van der Waals surface area contributed by atoms with E-state index in [-0.39, 0.29) is 18.0 Å². The zero-order chi connectivity index (χ0) is 17.1. The number of carbonyl (C=O) groups is 1. The maximum atomic E-state index is 13.2. The number of carbonyl (C=O) groups excluding carboxylic acids is 1. The maximum Gasteiger partial charge on any atom is 0.273 e. The molecule has 5 heteroatoms. The van der Waals surface area contributed by atoms with Gasteiger partial charge in [-0.25, -0.2) is 4.98 Å². The van der Waals surface area contributed by atoms with Crippen molar-refractivity contribution in [3.63, 3.8) is 0 Å². The first-order chi connectivity index (χ1) is 11.6. The topological polar surface area (TPSA) is 51.7 Å². The van der Waals surface area contributed by atoms with Crippen LogP contribution in [0, 0.1) is 0 Å². The first kappa shape index (κ1) is 16.7. The molecule has 0 atom stereocenters. The van der Waals surface area contributed by atoms with E-state index in [1.165, 1.54) is 0 Å². The summed E-state index contributed by atoms with van der Waals surface area (Å²) in [4.78, 5) is 19.6. The molecule has 0 spiro atoms. The molecule has 1 aliphatic rings. The van der Waals surface area contributed by atoms with Crippen molar-refractivity contribution < 1.29 is 14.3 Å². The Bertz CT molecular complexity index is 724. The Morgan fingerprint density at radius 2 is 2.00 bits per heavy atom. The van der Waals surface area contributed by atoms with E-state index >= 15 is 0 Å². The molecule has 1 amide bonds. The highest BCUT2D eigenvalue weighted by atomic mass is 16.5. The predicted molar refractivity (Wildman–Crippen MR) is 93.4 cm³/mol. The Labute approximate surface area is 142 Å². The lowest BCUT2D eigenvalue weighted by molar-refractivity contribution is 0.0202. The van der Waals surface area contributed by atoms with Gasteiger partial charge in [-0.2, -0.15) is 0 Å². The maximum absolute atomic E-state index is 13.2. The van der Waals surface area contributed by atoms with E-state index in [4.69, 9.17) is 9.47 Å². The molecule has 1 aromatic carbocycles. The number of rotatable bonds is 4. The number of methoxy groups -OCH3 is 1. The number of nitrogens with zero attached hydrogens (tertiary/aromatic N) is 2. The van der Waals surface area contributed by atoms with Gasteiger partial charge in [0.05, 0.1) is 7.11 Å². The van der Waals surface area contributed by atoms with E-state index in [0.717, 1.165) is 23.6 Å². The lowest BCUT2D eigenvalue weighted by Gasteiger charge is -2.37. The molecular formula is C19H24N2O3. The summed E-state index contributed by atoms with van der Waals surface area (Å²) in [6.07, 6.45) is 1.74. The quantitative estimate of drug-likeness (QED) is 0.864. The van der Waals surface area contributed by atoms with Gasteiger partial charge in [0, 0.05) is 30.7 Å². The summed E-state index contributed by atoms with van der Waals surface area (Å²) in [5.74, 6) is 0.452. The van der Waals surface area contributed by atoms with Crippen molar-refractivity contribution in [2.24, 2.45) is 0 Å². The highest BCUT2D eigenvalue weighted by Crippen LogP contribution is 2.26. The van der Waals surface area contributed by atoms with Crippen LogP contribution in [-0.2, 0) is 4.74 Å². The summed E-state index contributed by atoms with van der Waals surface area (Å²) in [6, 6.07) is 9.99. The van der Waals surface area contributed by atoms with E-state index in [1.54, 1.807) is 7.11 Å². The zero-order valence-electron chi connectivity index (χ0n) is 14.5. The smallest absolute Gasteiger partial charge is 0.273 e. The molecule has 1 fully saturated rings. The third-order valence-electron chi connectivity index (χ3n) is 4.49. The van der Waals surface area contributed by atoms with Crippen molar-refractivity contribution in [2.75, 3.05) is 20.3 Å². The number of aromatic nitrogens is 1. The van der Waals surface area contributed by atoms with E-state index in [0.29, 0.717) is 24.8 Å². The third kappa shape index (κ3) is 3.22. The van der Waals surface area contributed by atoms with Crippen molar-refractivity contribution in [3.05, 3.63) is 36.0 Å². The molecule has 0 bridgehead atoms. The monoisotopic (exact) mass is 328 g/mol. The zero-order valence-corrected chi connectivity index (χ0v) is 14.5. The van der Waals surface area contributed by atoms with Crippen LogP contribution in [0.25, 0.3) is 10.8 Å². The van der Waals surface area contributed by atoms with Crippen LogP contribution in [0.5, 0.6) is 5.88 Å². The number of amides is 1. The Kier molecular flexibility index (Phi) is 5.00. The Hall–Kier alpha value is -2.14. The minimum absolute atomic E-state index is 0.0408. The molecular weight excluding hydrogens is 304 g/mol. The lowest BCUT2D eigenvalue weighted by atomic mass is 10.0. The highest BCUT2D eigenvalue weighted by molar-refractivity contribution is 5.98. The number of fused-ring (bicyclic) bond motifs is 1. The lowest BCUT2D eigenvalue weighted by Crippen LogP contribution is -2.47. The fourth-order valence-corrected chi connectivity index (χ4v) is 3.35. The van der Waals surface area contributed by atoms with Crippen molar-refractivity contribution in [1.82, 2.24) is 9.88 Å². The van der Waals surface area contributed by atoms with Crippen LogP contribution in [0.2, 0.25) is 0 Å². The molecule has 0 radical (unpaired) electrons. The summed E-state index contributed by atoms with van der Waals surface area (Å²) >= 11 is 0. The largest absolute Gasteiger partial charge is 0.481 e. The van der Waals surface area contributed by atoms with Crippen LogP contribution in [0.4, 0.5) is 0 Å². The van der Waals surface area contributed by atoms with Gasteiger partial charge in [-0.05, 0) is 44.2 Å². The molecule has 1 aromatic heterocycles. The van der Waals surface area contributed by atoms with Crippen LogP contribution in [0.15, 0.2) is 30.3 Å². The van der Waals surface area contributed by atoms with Crippen LogP contribution in [-0.4, -0.2) is 48.2 Å². The molecule has 128 valence electrons. The molecule has 1 aliphatic heterocycles. The Balaban J connectivity index is 1.99. The standard InChI is InChI=1S/C19H24N2O3/c1-13(2)21(15-8-10-24-11-9-15)19(22)17-12-14-6-4-5-7-16(14)18(20-17)23-3/h4-7,12-13,15H,8-11H2,1-3H3. The van der Waals surface area contributed by atoms with E-state index < -0.39 is 0 Å². The average Bonchev–Trinajstić information content (AvgIpc) is 2.61. The van der Waals surface area contributed by atoms with Gasteiger partial charge in [0.15, 0.2) is 0 Å². The number of hydrogen-bond donors (Lipinski definition) is 0. The Morgan fingerprint density at radius 3 is 2.67 bits per heavy atom. The molecule has 0 N–H and O–H groups in total. The average molecular weight is 328 g/mol. The van der Waals surface area contributed by atoms with Gasteiger partial charge < -0.3 is 14.4 Å². The van der Waals surface area contributed by atoms with Gasteiger partial charge >= 0.3 is 0 Å². The molecule has 5 nitrogen and oxygen atoms in total. The van der Waals surface area contributed by atoms with Gasteiger partial charge in [-0.3, -0.25) is 4.79 Å². The molecule has 2 aromatic rings. The van der Waals surface area contributed by atoms with Crippen molar-refractivity contribution in [3.8, 4) is 5.88 Å². The summed E-state index contributed by atoms with van der Waals surface area (Å²) in [5.41, 5.74) is 0.436. The molecule has 3 rings (SSSR count). The molecule has 2 heterocycles. The van der Waals surface area contributed by atoms with Crippen molar-refractivity contribution in [1.29, 1.82) is 0 Å². The summed E-state index contributed by atoms with van der Waals surface area (Å²) in [5, 5.41) is 1.88. The summed E-state index contributed by atoms with van der Waals surface area (Å²) in [7, 11) is 1.59. The van der Waals surface area contributed by atoms with E-state index in [2.05, 4.69) is 4.98 Å². The fourth-order valence-electron chi connectivity index (χ4n) is 3.35. The molecule has 1 saturated heterocycles. The first-order valence-corrected chi connectivity index (χ1v) is 8.46. The first-order valence-electron chi connectivity index (χ1n) is 8.46. The van der Waals surface area contributed by atoms with Crippen molar-refractivity contribution in [2.45, 2.75) is 38.8 Å². The van der Waals surface area contributed by atoms with Gasteiger partial charge in [-0.15, -0.1) is 0 Å². The summed E-state index contributed by atoms with van der Waals surface area (Å²) < 4.78 is 10.8. The second-order valence-corrected chi connectivity index (χ2v) is 6.39. The minimum atomic E-state index is -0.0408. The third-order valence-corrected chi connectivity index (χ3v) is 4.49. The van der Waals surface area contributed by atoms with Gasteiger partial charge in [-0.1, -0.05) is 18.2 Å². The normalized spacial score (nSPS) is 15.7. The van der Waals surface area contributed by atoms with Gasteiger partial charge in [0.1, 0.15) is 5.69 Å². The number of ether oxygens (including phenoxy) is 2. The molecule has 0 aliphatic carbocycles. The molecule has 24 heavy (non-hydrogen) atoms. The van der Waals surface area contributed by atoms with Gasteiger partial charge in [0.2, 0.25) is 5.88 Å². The molecule has 0 unspecified atom stereocenters. The minimum Gasteiger partial charge on any atom is -0.481 e. The van der Waals surface area contributed by atoms with Crippen LogP contribution in [0.1, 0.15) is 37.2 Å². The number of benzene rings is 1. The fraction of sp³-hybridized carbons (Fsp3) is 0.474. The van der Waals surface area contributed by atoms with E-state index in [1.807, 2.05) is 49.1 Å². The summed E-state index contributed by atoms with van der Waals surface area (Å²) in [6.45, 7) is 5.50. The number of hydrogen-bond acceptors (Lipinski definition) is 4. The SMILES string of the molecule is COc1nc(C(=O)N(C(C)C)C2CCOCC2)cc2ccccc12. The predicted octanol–water partition coefficient (Wildman–Crippen LogP) is 3.27. The van der Waals surface area contributed by atoms with Gasteiger partial charge in [0.25, 0.3) is 5.91 Å². The van der Waals surface area contributed by atoms with E-state index in [9.17, 15) is 4.79 Å². The highest BCUT2D eigenvalue weighted by Gasteiger charge is 2.30. The Morgan fingerprint density at radius 1 is 1.29 bits per heavy atom. The van der Waals surface area contributed by atoms with Crippen LogP contribution >= 0.6 is 0 Å². The van der Waals surface area contributed by atoms with Crippen molar-refractivity contribution >= 4 is 16.7 Å². The molecule has 0 saturated carbocycles. The number of pyridine rings is 1.